The van der Waals surface area contributed by atoms with E-state index in [0.717, 1.165) is 49.6 Å². The fraction of sp³-hybridized carbons (Fsp3) is 0.412. The molecular formula is C17H21ClN4O. The summed E-state index contributed by atoms with van der Waals surface area (Å²) in [7, 11) is 1.65. The van der Waals surface area contributed by atoms with Crippen LogP contribution in [0.1, 0.15) is 18.4 Å². The lowest BCUT2D eigenvalue weighted by molar-refractivity contribution is 0.208. The first-order valence-electron chi connectivity index (χ1n) is 7.82. The van der Waals surface area contributed by atoms with Crippen LogP contribution in [-0.4, -0.2) is 41.1 Å². The Morgan fingerprint density at radius 3 is 3.09 bits per heavy atom. The Balaban J connectivity index is 1.63. The van der Waals surface area contributed by atoms with Gasteiger partial charge in [-0.2, -0.15) is 0 Å². The Morgan fingerprint density at radius 1 is 1.39 bits per heavy atom. The van der Waals surface area contributed by atoms with Crippen molar-refractivity contribution in [1.82, 2.24) is 14.9 Å². The Morgan fingerprint density at radius 2 is 2.30 bits per heavy atom. The zero-order valence-electron chi connectivity index (χ0n) is 13.2. The van der Waals surface area contributed by atoms with Crippen molar-refractivity contribution in [2.75, 3.05) is 25.5 Å². The van der Waals surface area contributed by atoms with Crippen molar-refractivity contribution in [2.24, 2.45) is 0 Å². The second-order valence-electron chi connectivity index (χ2n) is 5.75. The van der Waals surface area contributed by atoms with Gasteiger partial charge in [-0.1, -0.05) is 23.7 Å². The minimum absolute atomic E-state index is 0.392. The Labute approximate surface area is 141 Å². The van der Waals surface area contributed by atoms with Gasteiger partial charge in [0.25, 0.3) is 0 Å². The van der Waals surface area contributed by atoms with Gasteiger partial charge in [0.2, 0.25) is 0 Å². The van der Waals surface area contributed by atoms with E-state index in [2.05, 4.69) is 26.3 Å². The lowest BCUT2D eigenvalue weighted by Gasteiger charge is -2.33. The van der Waals surface area contributed by atoms with Gasteiger partial charge >= 0.3 is 0 Å². The fourth-order valence-corrected chi connectivity index (χ4v) is 3.24. The molecule has 0 amide bonds. The number of anilines is 1. The van der Waals surface area contributed by atoms with E-state index in [1.807, 2.05) is 18.2 Å². The number of rotatable bonds is 5. The smallest absolute Gasteiger partial charge is 0.137 e. The normalized spacial score (nSPS) is 18.6. The highest BCUT2D eigenvalue weighted by molar-refractivity contribution is 6.32. The minimum Gasteiger partial charge on any atom is -0.495 e. The molecule has 1 atom stereocenters. The monoisotopic (exact) mass is 332 g/mol. The number of piperidine rings is 1. The SMILES string of the molecule is COc1cccc(CN2CCCC(Nc3ccncn3)C2)c1Cl. The molecule has 3 rings (SSSR count). The number of nitrogens with zero attached hydrogens (tertiary/aromatic N) is 3. The predicted octanol–water partition coefficient (Wildman–Crippen LogP) is 3.22. The second kappa shape index (κ2) is 7.62. The number of methoxy groups -OCH3 is 1. The van der Waals surface area contributed by atoms with E-state index in [1.165, 1.54) is 0 Å². The third-order valence-corrected chi connectivity index (χ3v) is 4.53. The van der Waals surface area contributed by atoms with Crippen LogP contribution in [0, 0.1) is 0 Å². The molecule has 2 aromatic rings. The van der Waals surface area contributed by atoms with E-state index in [0.29, 0.717) is 11.1 Å². The number of likely N-dealkylation sites (tertiary alicyclic amines) is 1. The molecule has 1 unspecified atom stereocenters. The molecule has 1 aromatic heterocycles. The van der Waals surface area contributed by atoms with E-state index in [4.69, 9.17) is 16.3 Å². The lowest BCUT2D eigenvalue weighted by atomic mass is 10.0. The summed E-state index contributed by atoms with van der Waals surface area (Å²) in [5, 5.41) is 4.19. The molecule has 0 radical (unpaired) electrons. The van der Waals surface area contributed by atoms with Crippen molar-refractivity contribution < 1.29 is 4.74 Å². The molecule has 0 saturated carbocycles. The molecule has 0 aliphatic carbocycles. The van der Waals surface area contributed by atoms with Crippen LogP contribution in [0.15, 0.2) is 36.8 Å². The summed E-state index contributed by atoms with van der Waals surface area (Å²) in [5.74, 6) is 1.61. The second-order valence-corrected chi connectivity index (χ2v) is 6.12. The van der Waals surface area contributed by atoms with Gasteiger partial charge in [0, 0.05) is 25.3 Å². The van der Waals surface area contributed by atoms with E-state index in [-0.39, 0.29) is 0 Å². The van der Waals surface area contributed by atoms with Crippen LogP contribution < -0.4 is 10.1 Å². The summed E-state index contributed by atoms with van der Waals surface area (Å²) in [4.78, 5) is 10.6. The van der Waals surface area contributed by atoms with E-state index in [1.54, 1.807) is 19.6 Å². The van der Waals surface area contributed by atoms with Crippen LogP contribution in [0.25, 0.3) is 0 Å². The maximum Gasteiger partial charge on any atom is 0.137 e. The highest BCUT2D eigenvalue weighted by atomic mass is 35.5. The highest BCUT2D eigenvalue weighted by Crippen LogP contribution is 2.29. The van der Waals surface area contributed by atoms with Gasteiger partial charge in [-0.3, -0.25) is 4.90 Å². The topological polar surface area (TPSA) is 50.3 Å². The fourth-order valence-electron chi connectivity index (χ4n) is 2.98. The van der Waals surface area contributed by atoms with Crippen LogP contribution in [0.3, 0.4) is 0 Å². The minimum atomic E-state index is 0.392. The molecule has 0 bridgehead atoms. The molecule has 0 spiro atoms. The molecule has 2 heterocycles. The zero-order chi connectivity index (χ0) is 16.1. The van der Waals surface area contributed by atoms with Crippen molar-refractivity contribution in [3.8, 4) is 5.75 Å². The zero-order valence-corrected chi connectivity index (χ0v) is 14.0. The largest absolute Gasteiger partial charge is 0.495 e. The van der Waals surface area contributed by atoms with Crippen molar-refractivity contribution in [2.45, 2.75) is 25.4 Å². The number of hydrogen-bond acceptors (Lipinski definition) is 5. The van der Waals surface area contributed by atoms with Crippen LogP contribution >= 0.6 is 11.6 Å². The predicted molar refractivity (Wildman–Crippen MR) is 92.0 cm³/mol. The van der Waals surface area contributed by atoms with Gasteiger partial charge < -0.3 is 10.1 Å². The first-order chi connectivity index (χ1) is 11.3. The summed E-state index contributed by atoms with van der Waals surface area (Å²) in [5.41, 5.74) is 1.11. The quantitative estimate of drug-likeness (QED) is 0.911. The van der Waals surface area contributed by atoms with Gasteiger partial charge in [-0.15, -0.1) is 0 Å². The van der Waals surface area contributed by atoms with Gasteiger partial charge in [0.05, 0.1) is 12.1 Å². The number of hydrogen-bond donors (Lipinski definition) is 1. The summed E-state index contributed by atoms with van der Waals surface area (Å²) >= 11 is 6.41. The molecule has 1 saturated heterocycles. The average molecular weight is 333 g/mol. The Bertz CT molecular complexity index is 638. The van der Waals surface area contributed by atoms with Crippen LogP contribution in [0.5, 0.6) is 5.75 Å². The van der Waals surface area contributed by atoms with E-state index in [9.17, 15) is 0 Å². The van der Waals surface area contributed by atoms with Gasteiger partial charge in [0.15, 0.2) is 0 Å². The molecule has 1 aromatic carbocycles. The molecule has 122 valence electrons. The number of aromatic nitrogens is 2. The molecule has 1 aliphatic rings. The molecule has 23 heavy (non-hydrogen) atoms. The van der Waals surface area contributed by atoms with Crippen molar-refractivity contribution in [3.05, 3.63) is 47.4 Å². The van der Waals surface area contributed by atoms with Crippen molar-refractivity contribution in [3.63, 3.8) is 0 Å². The van der Waals surface area contributed by atoms with Crippen molar-refractivity contribution in [1.29, 1.82) is 0 Å². The first-order valence-corrected chi connectivity index (χ1v) is 8.20. The highest BCUT2D eigenvalue weighted by Gasteiger charge is 2.21. The van der Waals surface area contributed by atoms with Crippen molar-refractivity contribution >= 4 is 17.4 Å². The number of nitrogens with one attached hydrogen (secondary N) is 1. The maximum atomic E-state index is 6.41. The van der Waals surface area contributed by atoms with Gasteiger partial charge in [-0.05, 0) is 37.1 Å². The summed E-state index contributed by atoms with van der Waals surface area (Å²) < 4.78 is 5.30. The molecular weight excluding hydrogens is 312 g/mol. The Kier molecular flexibility index (Phi) is 5.31. The third-order valence-electron chi connectivity index (χ3n) is 4.10. The summed E-state index contributed by atoms with van der Waals surface area (Å²) in [6.45, 7) is 2.88. The van der Waals surface area contributed by atoms with E-state index < -0.39 is 0 Å². The lowest BCUT2D eigenvalue weighted by Crippen LogP contribution is -2.41. The van der Waals surface area contributed by atoms with Crippen LogP contribution in [0.4, 0.5) is 5.82 Å². The molecule has 6 heteroatoms. The van der Waals surface area contributed by atoms with E-state index >= 15 is 0 Å². The first kappa shape index (κ1) is 16.0. The third kappa shape index (κ3) is 4.12. The summed E-state index contributed by atoms with van der Waals surface area (Å²) in [6.07, 6.45) is 5.63. The molecule has 1 fully saturated rings. The summed E-state index contributed by atoms with van der Waals surface area (Å²) in [6, 6.07) is 8.23. The number of benzene rings is 1. The molecule has 1 N–H and O–H groups in total. The Hall–Kier alpha value is -1.85. The average Bonchev–Trinajstić information content (AvgIpc) is 2.58. The number of halogens is 1. The standard InChI is InChI=1S/C17H21ClN4O/c1-23-15-6-2-4-13(17(15)18)10-22-9-3-5-14(11-22)21-16-7-8-19-12-20-16/h2,4,6-8,12,14H,3,5,9-11H2,1H3,(H,19,20,21). The van der Waals surface area contributed by atoms with Gasteiger partial charge in [-0.25, -0.2) is 9.97 Å². The number of ether oxygens (including phenoxy) is 1. The molecule has 5 nitrogen and oxygen atoms in total. The van der Waals surface area contributed by atoms with Crippen LogP contribution in [-0.2, 0) is 6.54 Å². The maximum absolute atomic E-state index is 6.41. The molecule has 1 aliphatic heterocycles. The van der Waals surface area contributed by atoms with Crippen LogP contribution in [0.2, 0.25) is 5.02 Å². The van der Waals surface area contributed by atoms with Gasteiger partial charge in [0.1, 0.15) is 17.9 Å².